The predicted molar refractivity (Wildman–Crippen MR) is 91.8 cm³/mol. The van der Waals surface area contributed by atoms with E-state index >= 15 is 0 Å². The average molecular weight is 323 g/mol. The van der Waals surface area contributed by atoms with Gasteiger partial charge in [0.05, 0.1) is 5.92 Å². The van der Waals surface area contributed by atoms with Crippen LogP contribution in [0.25, 0.3) is 0 Å². The maximum absolute atomic E-state index is 12.5. The van der Waals surface area contributed by atoms with Gasteiger partial charge in [0.2, 0.25) is 11.8 Å². The van der Waals surface area contributed by atoms with E-state index in [1.54, 1.807) is 0 Å². The minimum Gasteiger partial charge on any atom is -0.352 e. The molecule has 1 saturated heterocycles. The number of carbonyl (C=O) groups is 2. The first-order valence-electron chi connectivity index (χ1n) is 9.35. The molecule has 2 rings (SSSR count). The van der Waals surface area contributed by atoms with Gasteiger partial charge in [0, 0.05) is 31.6 Å². The molecule has 2 amide bonds. The lowest BCUT2D eigenvalue weighted by molar-refractivity contribution is -0.131. The largest absolute Gasteiger partial charge is 0.352 e. The summed E-state index contributed by atoms with van der Waals surface area (Å²) < 4.78 is 0. The molecule has 132 valence electrons. The Morgan fingerprint density at radius 3 is 2.65 bits per heavy atom. The monoisotopic (exact) mass is 323 g/mol. The van der Waals surface area contributed by atoms with Gasteiger partial charge in [-0.05, 0) is 38.0 Å². The molecule has 0 aromatic rings. The Kier molecular flexibility index (Phi) is 6.88. The molecule has 2 aliphatic rings. The van der Waals surface area contributed by atoms with Gasteiger partial charge in [-0.25, -0.2) is 0 Å². The van der Waals surface area contributed by atoms with E-state index in [-0.39, 0.29) is 23.8 Å². The van der Waals surface area contributed by atoms with E-state index < -0.39 is 0 Å². The number of amides is 2. The molecule has 0 radical (unpaired) electrons. The van der Waals surface area contributed by atoms with Crippen molar-refractivity contribution in [2.24, 2.45) is 17.6 Å². The van der Waals surface area contributed by atoms with Crippen LogP contribution in [0, 0.1) is 11.8 Å². The van der Waals surface area contributed by atoms with Gasteiger partial charge in [-0.2, -0.15) is 0 Å². The topological polar surface area (TPSA) is 75.4 Å². The Morgan fingerprint density at radius 1 is 1.35 bits per heavy atom. The number of carbonyl (C=O) groups excluding carboxylic acids is 2. The number of nitrogens with two attached hydrogens (primary N) is 1. The van der Waals surface area contributed by atoms with Crippen molar-refractivity contribution in [1.29, 1.82) is 0 Å². The van der Waals surface area contributed by atoms with E-state index in [2.05, 4.69) is 19.2 Å². The Hall–Kier alpha value is -1.10. The molecule has 0 bridgehead atoms. The lowest BCUT2D eigenvalue weighted by Crippen LogP contribution is -2.44. The highest BCUT2D eigenvalue weighted by molar-refractivity contribution is 5.89. The molecule has 0 aromatic heterocycles. The summed E-state index contributed by atoms with van der Waals surface area (Å²) in [5.41, 5.74) is 5.75. The zero-order valence-corrected chi connectivity index (χ0v) is 14.7. The molecule has 1 saturated carbocycles. The Bertz CT molecular complexity index is 405. The SMILES string of the molecule is CCCCC(CN)NC(=O)C1CC(=O)N(C2CCC(C)CC2)C1. The van der Waals surface area contributed by atoms with Gasteiger partial charge >= 0.3 is 0 Å². The zero-order valence-electron chi connectivity index (χ0n) is 14.7. The van der Waals surface area contributed by atoms with Gasteiger partial charge in [-0.15, -0.1) is 0 Å². The van der Waals surface area contributed by atoms with Crippen LogP contribution in [0.4, 0.5) is 0 Å². The standard InChI is InChI=1S/C18H33N3O2/c1-3-4-5-15(11-19)20-18(23)14-10-17(22)21(12-14)16-8-6-13(2)7-9-16/h13-16H,3-12,19H2,1-2H3,(H,20,23). The smallest absolute Gasteiger partial charge is 0.225 e. The number of rotatable bonds is 7. The highest BCUT2D eigenvalue weighted by Gasteiger charge is 2.38. The summed E-state index contributed by atoms with van der Waals surface area (Å²) in [6.45, 7) is 5.47. The van der Waals surface area contributed by atoms with Crippen LogP contribution in [0.2, 0.25) is 0 Å². The van der Waals surface area contributed by atoms with Crippen LogP contribution in [0.15, 0.2) is 0 Å². The van der Waals surface area contributed by atoms with Crippen LogP contribution >= 0.6 is 0 Å². The number of nitrogens with one attached hydrogen (secondary N) is 1. The Morgan fingerprint density at radius 2 is 2.04 bits per heavy atom. The maximum atomic E-state index is 12.5. The minimum atomic E-state index is -0.197. The second-order valence-corrected chi connectivity index (χ2v) is 7.44. The van der Waals surface area contributed by atoms with Gasteiger partial charge in [0.15, 0.2) is 0 Å². The lowest BCUT2D eigenvalue weighted by atomic mass is 9.87. The van der Waals surface area contributed by atoms with Crippen molar-refractivity contribution in [3.63, 3.8) is 0 Å². The van der Waals surface area contributed by atoms with Crippen LogP contribution in [-0.4, -0.2) is 41.9 Å². The fraction of sp³-hybridized carbons (Fsp3) is 0.889. The normalized spacial score (nSPS) is 29.6. The predicted octanol–water partition coefficient (Wildman–Crippen LogP) is 2.05. The summed E-state index contributed by atoms with van der Waals surface area (Å²) in [5, 5.41) is 3.05. The first kappa shape index (κ1) is 18.2. The summed E-state index contributed by atoms with van der Waals surface area (Å²) in [6.07, 6.45) is 8.01. The minimum absolute atomic E-state index is 0.0107. The van der Waals surface area contributed by atoms with E-state index in [4.69, 9.17) is 5.73 Å². The number of likely N-dealkylation sites (tertiary alicyclic amines) is 1. The maximum Gasteiger partial charge on any atom is 0.225 e. The highest BCUT2D eigenvalue weighted by atomic mass is 16.2. The van der Waals surface area contributed by atoms with Crippen molar-refractivity contribution in [3.05, 3.63) is 0 Å². The van der Waals surface area contributed by atoms with Crippen molar-refractivity contribution in [1.82, 2.24) is 10.2 Å². The first-order valence-corrected chi connectivity index (χ1v) is 9.35. The van der Waals surface area contributed by atoms with Crippen LogP contribution in [0.5, 0.6) is 0 Å². The van der Waals surface area contributed by atoms with Crippen LogP contribution in [0.1, 0.15) is 65.2 Å². The molecule has 1 aliphatic heterocycles. The average Bonchev–Trinajstić information content (AvgIpc) is 2.94. The summed E-state index contributed by atoms with van der Waals surface area (Å²) in [5.74, 6) is 0.739. The molecule has 3 N–H and O–H groups in total. The van der Waals surface area contributed by atoms with Crippen LogP contribution in [-0.2, 0) is 9.59 Å². The van der Waals surface area contributed by atoms with E-state index in [0.717, 1.165) is 38.0 Å². The van der Waals surface area contributed by atoms with Crippen LogP contribution in [0.3, 0.4) is 0 Å². The second kappa shape index (κ2) is 8.67. The van der Waals surface area contributed by atoms with E-state index in [1.165, 1.54) is 12.8 Å². The zero-order chi connectivity index (χ0) is 16.8. The van der Waals surface area contributed by atoms with Gasteiger partial charge in [0.1, 0.15) is 0 Å². The molecular formula is C18H33N3O2. The summed E-state index contributed by atoms with van der Waals surface area (Å²) >= 11 is 0. The Labute approximate surface area is 140 Å². The third-order valence-corrected chi connectivity index (χ3v) is 5.49. The number of hydrogen-bond acceptors (Lipinski definition) is 3. The van der Waals surface area contributed by atoms with Crippen molar-refractivity contribution < 1.29 is 9.59 Å². The molecule has 5 nitrogen and oxygen atoms in total. The Balaban J connectivity index is 1.84. The number of hydrogen-bond donors (Lipinski definition) is 2. The number of nitrogens with zero attached hydrogens (tertiary/aromatic N) is 1. The molecular weight excluding hydrogens is 290 g/mol. The molecule has 2 atom stereocenters. The van der Waals surface area contributed by atoms with Crippen molar-refractivity contribution >= 4 is 11.8 Å². The fourth-order valence-electron chi connectivity index (χ4n) is 3.83. The third kappa shape index (κ3) is 4.93. The van der Waals surface area contributed by atoms with Crippen molar-refractivity contribution in [3.8, 4) is 0 Å². The molecule has 23 heavy (non-hydrogen) atoms. The molecule has 0 aromatic carbocycles. The molecule has 1 aliphatic carbocycles. The first-order chi connectivity index (χ1) is 11.0. The molecule has 0 spiro atoms. The van der Waals surface area contributed by atoms with E-state index in [9.17, 15) is 9.59 Å². The molecule has 2 fully saturated rings. The van der Waals surface area contributed by atoms with Gasteiger partial charge in [0.25, 0.3) is 0 Å². The summed E-state index contributed by atoms with van der Waals surface area (Å²) in [7, 11) is 0. The second-order valence-electron chi connectivity index (χ2n) is 7.44. The van der Waals surface area contributed by atoms with E-state index in [1.807, 2.05) is 4.90 Å². The quantitative estimate of drug-likeness (QED) is 0.753. The van der Waals surface area contributed by atoms with Gasteiger partial charge in [-0.1, -0.05) is 26.7 Å². The van der Waals surface area contributed by atoms with E-state index in [0.29, 0.717) is 25.6 Å². The third-order valence-electron chi connectivity index (χ3n) is 5.49. The highest BCUT2D eigenvalue weighted by Crippen LogP contribution is 2.31. The molecule has 1 heterocycles. The van der Waals surface area contributed by atoms with Gasteiger partial charge in [-0.3, -0.25) is 9.59 Å². The lowest BCUT2D eigenvalue weighted by Gasteiger charge is -2.33. The number of unbranched alkanes of at least 4 members (excludes halogenated alkanes) is 1. The van der Waals surface area contributed by atoms with Crippen molar-refractivity contribution in [2.75, 3.05) is 13.1 Å². The molecule has 2 unspecified atom stereocenters. The fourth-order valence-corrected chi connectivity index (χ4v) is 3.83. The van der Waals surface area contributed by atoms with Gasteiger partial charge < -0.3 is 16.0 Å². The molecule has 5 heteroatoms. The summed E-state index contributed by atoms with van der Waals surface area (Å²) in [6, 6.07) is 0.393. The van der Waals surface area contributed by atoms with Crippen molar-refractivity contribution in [2.45, 2.75) is 77.3 Å². The van der Waals surface area contributed by atoms with Crippen LogP contribution < -0.4 is 11.1 Å². The summed E-state index contributed by atoms with van der Waals surface area (Å²) in [4.78, 5) is 26.7.